The van der Waals surface area contributed by atoms with E-state index in [-0.39, 0.29) is 42.0 Å². The minimum Gasteiger partial charge on any atom is -0.396 e. The standard InChI is InChI=1S/C72H96N4O9/c1-65(2)64(85-65)51(79)34-66(3)19-14-42-36-75-58-47(53-46-31-43(39-12-10-9-11-13-39)32-49(72(83)23-28-84-29-24-72)45(46)30-40(18-27-77)60(53)80)37-76(59(42)58)38-48-54-56(66)50(78)35-69(54,6)68(5)20-16-52-67(4,22-26-73-8)63(82)55-44-17-25-74-57(44)41-15-21-71(55,33-41)70(52,7)62(68)61(48)81/h17,25,31-32,36-37,39-41,48,51-53,55,61-62,64,73-75,77,79,81,83H,9-16,18-24,26-30,33-35,38H2,1-8H3/t40-,41-,48+,51+,52-,53-,55+,61+,62-,64+,66-,67-,68-,69-,70+,71-/m0/s1. The molecular formula is C72H96N4O9. The predicted octanol–water partition coefficient (Wildman–Crippen LogP) is 11.0. The molecule has 13 nitrogen and oxygen atoms in total. The minimum absolute atomic E-state index is 0.00962. The summed E-state index contributed by atoms with van der Waals surface area (Å²) in [6.45, 7) is 17.8. The smallest absolute Gasteiger partial charge is 0.160 e. The Morgan fingerprint density at radius 2 is 1.66 bits per heavy atom. The molecule has 7 fully saturated rings. The normalized spacial score (nSPS) is 41.0. The molecule has 11 aliphatic rings. The van der Waals surface area contributed by atoms with Crippen molar-refractivity contribution in [1.82, 2.24) is 19.9 Å². The summed E-state index contributed by atoms with van der Waals surface area (Å²) < 4.78 is 14.4. The average molecular weight is 1160 g/mol. The number of aryl methyl sites for hydroxylation is 1. The molecule has 0 unspecified atom stereocenters. The van der Waals surface area contributed by atoms with Gasteiger partial charge in [-0.05, 0) is 201 Å². The molecule has 3 aromatic heterocycles. The fourth-order valence-electron chi connectivity index (χ4n) is 23.3. The summed E-state index contributed by atoms with van der Waals surface area (Å²) in [5, 5.41) is 54.2. The number of carbonyl (C=O) groups excluding carboxylic acids is 3. The molecule has 1 spiro atoms. The number of epoxide rings is 1. The van der Waals surface area contributed by atoms with E-state index in [1.165, 1.54) is 17.7 Å². The Morgan fingerprint density at radius 1 is 0.894 bits per heavy atom. The molecule has 85 heavy (non-hydrogen) atoms. The number of nitrogens with zero attached hydrogens (tertiary/aromatic N) is 1. The van der Waals surface area contributed by atoms with Crippen molar-refractivity contribution in [1.29, 1.82) is 0 Å². The van der Waals surface area contributed by atoms with E-state index in [0.29, 0.717) is 102 Å². The van der Waals surface area contributed by atoms with Gasteiger partial charge in [0.1, 0.15) is 17.7 Å². The summed E-state index contributed by atoms with van der Waals surface area (Å²) >= 11 is 0. The van der Waals surface area contributed by atoms with Crippen molar-refractivity contribution >= 4 is 28.4 Å². The highest BCUT2D eigenvalue weighted by Gasteiger charge is 2.80. The third-order valence-corrected chi connectivity index (χ3v) is 27.5. The lowest BCUT2D eigenvalue weighted by Crippen LogP contribution is -2.74. The second-order valence-corrected chi connectivity index (χ2v) is 31.7. The Bertz CT molecular complexity index is 3440. The predicted molar refractivity (Wildman–Crippen MR) is 325 cm³/mol. The van der Waals surface area contributed by atoms with E-state index in [0.717, 1.165) is 113 Å². The van der Waals surface area contributed by atoms with Gasteiger partial charge in [-0.25, -0.2) is 0 Å². The number of hydrogen-bond acceptors (Lipinski definition) is 10. The second-order valence-electron chi connectivity index (χ2n) is 31.7. The number of aromatic amines is 2. The van der Waals surface area contributed by atoms with Crippen LogP contribution in [0.1, 0.15) is 226 Å². The van der Waals surface area contributed by atoms with E-state index >= 15 is 14.4 Å². The van der Waals surface area contributed by atoms with Gasteiger partial charge in [-0.2, -0.15) is 0 Å². The number of hydrogen-bond donors (Lipinski definition) is 7. The maximum absolute atomic E-state index is 16.1. The van der Waals surface area contributed by atoms with Crippen molar-refractivity contribution in [2.45, 2.75) is 230 Å². The van der Waals surface area contributed by atoms with Crippen LogP contribution in [-0.2, 0) is 48.8 Å². The van der Waals surface area contributed by atoms with Crippen molar-refractivity contribution in [3.05, 3.63) is 92.6 Å². The number of aliphatic hydroxyl groups is 4. The van der Waals surface area contributed by atoms with Gasteiger partial charge < -0.3 is 49.8 Å². The van der Waals surface area contributed by atoms with Crippen LogP contribution >= 0.6 is 0 Å². The van der Waals surface area contributed by atoms with Gasteiger partial charge in [-0.1, -0.05) is 66.0 Å². The topological polar surface area (TPSA) is 202 Å². The number of fused-ring (bicyclic) bond motifs is 9. The Hall–Kier alpha value is -4.21. The third-order valence-electron chi connectivity index (χ3n) is 27.5. The summed E-state index contributed by atoms with van der Waals surface area (Å²) in [5.74, 6) is -1.11. The number of allylic oxidation sites excluding steroid dienone is 1. The molecule has 1 aromatic carbocycles. The van der Waals surface area contributed by atoms with E-state index in [4.69, 9.17) is 9.47 Å². The highest BCUT2D eigenvalue weighted by atomic mass is 16.6. The number of ether oxygens (including phenoxy) is 2. The lowest BCUT2D eigenvalue weighted by molar-refractivity contribution is -0.267. The molecule has 0 radical (unpaired) electrons. The van der Waals surface area contributed by atoms with E-state index in [1.54, 1.807) is 0 Å². The quantitative estimate of drug-likeness (QED) is 0.0709. The maximum Gasteiger partial charge on any atom is 0.160 e. The fraction of sp³-hybridized carbons (Fsp3) is 0.708. The number of carbonyl (C=O) groups is 3. The van der Waals surface area contributed by atoms with Crippen molar-refractivity contribution in [3.63, 3.8) is 0 Å². The number of benzene rings is 1. The van der Waals surface area contributed by atoms with Crippen molar-refractivity contribution in [2.75, 3.05) is 33.4 Å². The van der Waals surface area contributed by atoms with E-state index < -0.39 is 73.7 Å². The first kappa shape index (κ1) is 57.2. The Morgan fingerprint density at radius 3 is 2.39 bits per heavy atom. The molecule has 13 heteroatoms. The van der Waals surface area contributed by atoms with Gasteiger partial charge in [0.25, 0.3) is 0 Å². The van der Waals surface area contributed by atoms with Crippen molar-refractivity contribution in [2.24, 2.45) is 56.2 Å². The first-order valence-electron chi connectivity index (χ1n) is 33.5. The number of nitrogens with one attached hydrogen (secondary N) is 3. The zero-order valence-electron chi connectivity index (χ0n) is 52.1. The molecule has 7 N–H and O–H groups in total. The lowest BCUT2D eigenvalue weighted by atomic mass is 9.28. The molecule has 4 aromatic rings. The molecule has 458 valence electrons. The molecule has 8 aliphatic carbocycles. The Kier molecular flexibility index (Phi) is 13.1. The molecule has 6 heterocycles. The van der Waals surface area contributed by atoms with Crippen molar-refractivity contribution in [3.8, 4) is 0 Å². The average Bonchev–Trinajstić information content (AvgIpc) is 1.64. The van der Waals surface area contributed by atoms with E-state index in [1.807, 2.05) is 20.9 Å². The van der Waals surface area contributed by atoms with Crippen LogP contribution in [0, 0.1) is 56.2 Å². The highest BCUT2D eigenvalue weighted by Crippen LogP contribution is 2.84. The van der Waals surface area contributed by atoms with Crippen LogP contribution in [-0.4, -0.2) is 110 Å². The van der Waals surface area contributed by atoms with Crippen LogP contribution in [0.15, 0.2) is 47.9 Å². The zero-order valence-corrected chi connectivity index (χ0v) is 52.1. The fourth-order valence-corrected chi connectivity index (χ4v) is 23.3. The first-order valence-corrected chi connectivity index (χ1v) is 33.5. The van der Waals surface area contributed by atoms with Gasteiger partial charge in [-0.15, -0.1) is 0 Å². The monoisotopic (exact) mass is 1160 g/mol. The van der Waals surface area contributed by atoms with Crippen LogP contribution in [0.3, 0.4) is 0 Å². The summed E-state index contributed by atoms with van der Waals surface area (Å²) in [6, 6.07) is 6.83. The maximum atomic E-state index is 16.1. The number of Topliss-reactive ketones (excluding diaryl/α,β-unsaturated/α-hetero) is 3. The molecule has 0 amide bonds. The molecule has 2 bridgehead atoms. The summed E-state index contributed by atoms with van der Waals surface area (Å²) in [4.78, 5) is 55.5. The number of rotatable bonds is 11. The molecular weight excluding hydrogens is 1060 g/mol. The Balaban J connectivity index is 0.947. The van der Waals surface area contributed by atoms with E-state index in [9.17, 15) is 20.4 Å². The first-order chi connectivity index (χ1) is 40.5. The SMILES string of the molecule is CNCC[C@]1(C)C(=O)[C@H]2c3cc[nH]c3[C@H]3CC[C@@]2(C3)[C@@]2(C)[C@H]3[C@H](O)[C@@H]4Cn5cc([C@H]6C(=O)[C@@H](CCO)Cc7c6cc(C6CCCCC6)cc7C6(O)CCOCC6)c6[nH]cc(c65)CC[C@@](C)(C[C@@H](O)[C@H]5OC5(C)C)C5=C4[C@](C)(CC5=O)[C@@]3(C)CC[C@H]21. The molecule has 2 saturated heterocycles. The summed E-state index contributed by atoms with van der Waals surface area (Å²) in [6.07, 6.45) is 18.6. The number of H-pyrrole nitrogens is 2. The highest BCUT2D eigenvalue weighted by molar-refractivity contribution is 6.02. The molecule has 3 aliphatic heterocycles. The van der Waals surface area contributed by atoms with Crippen LogP contribution < -0.4 is 5.32 Å². The van der Waals surface area contributed by atoms with Gasteiger partial charge in [0, 0.05) is 104 Å². The lowest BCUT2D eigenvalue weighted by Gasteiger charge is -2.76. The number of aliphatic hydroxyl groups excluding tert-OH is 3. The van der Waals surface area contributed by atoms with Crippen LogP contribution in [0.25, 0.3) is 11.0 Å². The van der Waals surface area contributed by atoms with Crippen LogP contribution in [0.5, 0.6) is 0 Å². The van der Waals surface area contributed by atoms with E-state index in [2.05, 4.69) is 91.3 Å². The van der Waals surface area contributed by atoms with Crippen molar-refractivity contribution < 1.29 is 44.3 Å². The number of ketones is 3. The molecule has 15 rings (SSSR count). The summed E-state index contributed by atoms with van der Waals surface area (Å²) in [7, 11) is 1.99. The largest absolute Gasteiger partial charge is 0.396 e. The summed E-state index contributed by atoms with van der Waals surface area (Å²) in [5.41, 5.74) is 6.98. The Labute approximate surface area is 502 Å². The van der Waals surface area contributed by atoms with Gasteiger partial charge in [0.05, 0.1) is 46.3 Å². The third kappa shape index (κ3) is 7.68. The van der Waals surface area contributed by atoms with Crippen LogP contribution in [0.4, 0.5) is 0 Å². The zero-order chi connectivity index (χ0) is 59.3. The van der Waals surface area contributed by atoms with Gasteiger partial charge >= 0.3 is 0 Å². The molecule has 5 saturated carbocycles. The van der Waals surface area contributed by atoms with Gasteiger partial charge in [0.2, 0.25) is 0 Å². The number of aromatic nitrogens is 3. The van der Waals surface area contributed by atoms with Crippen LogP contribution in [0.2, 0.25) is 0 Å². The van der Waals surface area contributed by atoms with Gasteiger partial charge in [-0.3, -0.25) is 14.4 Å². The minimum atomic E-state index is -1.12. The molecule has 16 atom stereocenters. The second kappa shape index (κ2) is 19.4. The van der Waals surface area contributed by atoms with Gasteiger partial charge in [0.15, 0.2) is 5.78 Å².